The van der Waals surface area contributed by atoms with E-state index in [9.17, 15) is 18.0 Å². The van der Waals surface area contributed by atoms with Gasteiger partial charge in [0.2, 0.25) is 0 Å². The lowest BCUT2D eigenvalue weighted by atomic mass is 10.0. The molecule has 2 heterocycles. The number of halogens is 3. The smallest absolute Gasteiger partial charge is 0.416 e. The first-order valence-electron chi connectivity index (χ1n) is 6.83. The molecule has 3 aromatic rings. The van der Waals surface area contributed by atoms with Gasteiger partial charge in [0.1, 0.15) is 9.71 Å². The standard InChI is InChI=1S/C15H11F3N4O2S/c1-24-14-21-10(6-3-2-4-7(5-6)15(16,17)18)8-9(19)11(12(20)23)25-13(8)22-14/h2-5H,19H2,1H3,(H2,20,23). The number of hydrogen-bond acceptors (Lipinski definition) is 6. The Bertz CT molecular complexity index is 985. The van der Waals surface area contributed by atoms with E-state index >= 15 is 0 Å². The van der Waals surface area contributed by atoms with E-state index in [4.69, 9.17) is 16.2 Å². The zero-order valence-corrected chi connectivity index (χ0v) is 13.5. The number of rotatable bonds is 3. The lowest BCUT2D eigenvalue weighted by molar-refractivity contribution is -0.137. The summed E-state index contributed by atoms with van der Waals surface area (Å²) in [5.74, 6) is -0.755. The number of thiophene rings is 1. The van der Waals surface area contributed by atoms with Gasteiger partial charge in [-0.3, -0.25) is 4.79 Å². The summed E-state index contributed by atoms with van der Waals surface area (Å²) in [6.07, 6.45) is -4.51. The summed E-state index contributed by atoms with van der Waals surface area (Å²) in [5, 5.41) is 0.263. The molecule has 0 spiro atoms. The lowest BCUT2D eigenvalue weighted by Gasteiger charge is -2.10. The van der Waals surface area contributed by atoms with E-state index in [0.717, 1.165) is 23.5 Å². The second-order valence-electron chi connectivity index (χ2n) is 5.03. The van der Waals surface area contributed by atoms with Crippen molar-refractivity contribution in [1.82, 2.24) is 9.97 Å². The summed E-state index contributed by atoms with van der Waals surface area (Å²) >= 11 is 0.927. The molecule has 0 saturated carbocycles. The molecular formula is C15H11F3N4O2S. The Morgan fingerprint density at radius 1 is 1.28 bits per heavy atom. The van der Waals surface area contributed by atoms with Gasteiger partial charge in [-0.15, -0.1) is 11.3 Å². The van der Waals surface area contributed by atoms with E-state index in [0.29, 0.717) is 4.83 Å². The van der Waals surface area contributed by atoms with Gasteiger partial charge in [0.05, 0.1) is 29.4 Å². The molecule has 0 atom stereocenters. The third-order valence-corrected chi connectivity index (χ3v) is 4.55. The van der Waals surface area contributed by atoms with E-state index in [1.165, 1.54) is 19.2 Å². The SMILES string of the molecule is COc1nc(-c2cccc(C(F)(F)F)c2)c2c(N)c(C(N)=O)sc2n1. The maximum Gasteiger partial charge on any atom is 0.416 e. The van der Waals surface area contributed by atoms with Crippen LogP contribution in [0.4, 0.5) is 18.9 Å². The van der Waals surface area contributed by atoms with Crippen LogP contribution in [0.2, 0.25) is 0 Å². The number of anilines is 1. The first kappa shape index (κ1) is 17.0. The topological polar surface area (TPSA) is 104 Å². The van der Waals surface area contributed by atoms with Crippen molar-refractivity contribution < 1.29 is 22.7 Å². The number of carbonyl (C=O) groups is 1. The first-order valence-corrected chi connectivity index (χ1v) is 7.65. The number of aromatic nitrogens is 2. The minimum Gasteiger partial charge on any atom is -0.467 e. The average Bonchev–Trinajstić information content (AvgIpc) is 2.90. The fourth-order valence-electron chi connectivity index (χ4n) is 2.33. The molecule has 0 bridgehead atoms. The average molecular weight is 368 g/mol. The molecule has 4 N–H and O–H groups in total. The Labute approximate surface area is 143 Å². The maximum atomic E-state index is 13.0. The quantitative estimate of drug-likeness (QED) is 0.739. The Morgan fingerprint density at radius 3 is 2.60 bits per heavy atom. The highest BCUT2D eigenvalue weighted by atomic mass is 32.1. The Kier molecular flexibility index (Phi) is 3.99. The first-order chi connectivity index (χ1) is 11.7. The van der Waals surface area contributed by atoms with Gasteiger partial charge in [-0.1, -0.05) is 12.1 Å². The minimum absolute atomic E-state index is 0.0302. The molecule has 2 aromatic heterocycles. The van der Waals surface area contributed by atoms with E-state index in [1.807, 2.05) is 0 Å². The molecule has 1 amide bonds. The van der Waals surface area contributed by atoms with Crippen LogP contribution in [-0.2, 0) is 6.18 Å². The number of amides is 1. The van der Waals surface area contributed by atoms with Crippen LogP contribution < -0.4 is 16.2 Å². The number of ether oxygens (including phenoxy) is 1. The number of nitrogens with two attached hydrogens (primary N) is 2. The summed E-state index contributed by atoms with van der Waals surface area (Å²) in [6, 6.07) is 4.55. The van der Waals surface area contributed by atoms with Crippen LogP contribution >= 0.6 is 11.3 Å². The molecule has 0 unspecified atom stereocenters. The Balaban J connectivity index is 2.33. The fraction of sp³-hybridized carbons (Fsp3) is 0.133. The molecule has 130 valence electrons. The highest BCUT2D eigenvalue weighted by Gasteiger charge is 2.31. The predicted molar refractivity (Wildman–Crippen MR) is 87.3 cm³/mol. The number of fused-ring (bicyclic) bond motifs is 1. The number of methoxy groups -OCH3 is 1. The number of alkyl halides is 3. The maximum absolute atomic E-state index is 13.0. The van der Waals surface area contributed by atoms with Crippen LogP contribution in [0.5, 0.6) is 6.01 Å². The van der Waals surface area contributed by atoms with Crippen molar-refractivity contribution >= 4 is 33.1 Å². The molecule has 0 radical (unpaired) electrons. The van der Waals surface area contributed by atoms with E-state index in [1.54, 1.807) is 0 Å². The van der Waals surface area contributed by atoms with Crippen LogP contribution in [0.15, 0.2) is 24.3 Å². The Morgan fingerprint density at radius 2 is 2.00 bits per heavy atom. The molecule has 0 aliphatic heterocycles. The van der Waals surface area contributed by atoms with Gasteiger partial charge in [0.25, 0.3) is 5.91 Å². The van der Waals surface area contributed by atoms with Crippen molar-refractivity contribution in [2.75, 3.05) is 12.8 Å². The number of benzene rings is 1. The molecule has 10 heteroatoms. The van der Waals surface area contributed by atoms with Gasteiger partial charge in [0, 0.05) is 5.56 Å². The summed E-state index contributed by atoms with van der Waals surface area (Å²) in [4.78, 5) is 20.1. The van der Waals surface area contributed by atoms with E-state index in [-0.39, 0.29) is 33.2 Å². The summed E-state index contributed by atoms with van der Waals surface area (Å²) in [5.41, 5.74) is 10.7. The van der Waals surface area contributed by atoms with Gasteiger partial charge in [0.15, 0.2) is 0 Å². The lowest BCUT2D eigenvalue weighted by Crippen LogP contribution is -2.10. The molecular weight excluding hydrogens is 357 g/mol. The number of nitrogen functional groups attached to an aromatic ring is 1. The van der Waals surface area contributed by atoms with Crippen molar-refractivity contribution in [3.63, 3.8) is 0 Å². The van der Waals surface area contributed by atoms with E-state index < -0.39 is 17.6 Å². The summed E-state index contributed by atoms with van der Waals surface area (Å²) < 4.78 is 44.0. The highest BCUT2D eigenvalue weighted by Crippen LogP contribution is 2.40. The highest BCUT2D eigenvalue weighted by molar-refractivity contribution is 7.21. The Hall–Kier alpha value is -2.88. The van der Waals surface area contributed by atoms with Gasteiger partial charge >= 0.3 is 12.2 Å². The van der Waals surface area contributed by atoms with E-state index in [2.05, 4.69) is 9.97 Å². The van der Waals surface area contributed by atoms with Crippen molar-refractivity contribution in [2.45, 2.75) is 6.18 Å². The summed E-state index contributed by atoms with van der Waals surface area (Å²) in [6.45, 7) is 0. The van der Waals surface area contributed by atoms with Gasteiger partial charge in [-0.05, 0) is 12.1 Å². The van der Waals surface area contributed by atoms with Crippen molar-refractivity contribution in [2.24, 2.45) is 5.73 Å². The van der Waals surface area contributed by atoms with Crippen LogP contribution in [0.1, 0.15) is 15.2 Å². The number of carbonyl (C=O) groups excluding carboxylic acids is 1. The van der Waals surface area contributed by atoms with Gasteiger partial charge in [-0.2, -0.15) is 23.1 Å². The molecule has 3 rings (SSSR count). The van der Waals surface area contributed by atoms with Crippen LogP contribution in [0.25, 0.3) is 21.5 Å². The molecule has 6 nitrogen and oxygen atoms in total. The molecule has 0 aliphatic carbocycles. The number of hydrogen-bond donors (Lipinski definition) is 2. The minimum atomic E-state index is -4.51. The summed E-state index contributed by atoms with van der Waals surface area (Å²) in [7, 11) is 1.32. The molecule has 25 heavy (non-hydrogen) atoms. The van der Waals surface area contributed by atoms with Crippen LogP contribution in [0, 0.1) is 0 Å². The largest absolute Gasteiger partial charge is 0.467 e. The number of primary amides is 1. The zero-order valence-electron chi connectivity index (χ0n) is 12.7. The van der Waals surface area contributed by atoms with Crippen LogP contribution in [-0.4, -0.2) is 23.0 Å². The predicted octanol–water partition coefficient (Wildman–Crippen LogP) is 3.07. The second kappa shape index (κ2) is 5.88. The second-order valence-corrected chi connectivity index (χ2v) is 6.03. The van der Waals surface area contributed by atoms with Crippen molar-refractivity contribution in [3.05, 3.63) is 34.7 Å². The molecule has 0 saturated heterocycles. The van der Waals surface area contributed by atoms with Gasteiger partial charge < -0.3 is 16.2 Å². The van der Waals surface area contributed by atoms with Gasteiger partial charge in [-0.25, -0.2) is 0 Å². The van der Waals surface area contributed by atoms with Crippen molar-refractivity contribution in [3.8, 4) is 17.3 Å². The fourth-order valence-corrected chi connectivity index (χ4v) is 3.27. The van der Waals surface area contributed by atoms with Crippen molar-refractivity contribution in [1.29, 1.82) is 0 Å². The van der Waals surface area contributed by atoms with Crippen LogP contribution in [0.3, 0.4) is 0 Å². The molecule has 1 aromatic carbocycles. The normalized spacial score (nSPS) is 11.7. The third kappa shape index (κ3) is 2.95. The zero-order chi connectivity index (χ0) is 18.4. The molecule has 0 aliphatic rings. The number of nitrogens with zero attached hydrogens (tertiary/aromatic N) is 2. The monoisotopic (exact) mass is 368 g/mol. The molecule has 0 fully saturated rings. The third-order valence-electron chi connectivity index (χ3n) is 3.44.